The SMILES string of the molecule is COc1ccc(C(=O)Nc2ccc3oc(C(=O)c4cccc(OC)c4)c(C)c3c2)cc1. The van der Waals surface area contributed by atoms with Crippen LogP contribution < -0.4 is 14.8 Å². The van der Waals surface area contributed by atoms with Crippen LogP contribution >= 0.6 is 0 Å². The predicted octanol–water partition coefficient (Wildman–Crippen LogP) is 5.24. The molecule has 4 aromatic rings. The topological polar surface area (TPSA) is 77.8 Å². The van der Waals surface area contributed by atoms with Gasteiger partial charge in [-0.2, -0.15) is 0 Å². The van der Waals surface area contributed by atoms with Crippen molar-refractivity contribution in [1.82, 2.24) is 0 Å². The fourth-order valence-corrected chi connectivity index (χ4v) is 3.36. The lowest BCUT2D eigenvalue weighted by molar-refractivity contribution is 0.101. The summed E-state index contributed by atoms with van der Waals surface area (Å²) in [5.41, 5.74) is 2.89. The third kappa shape index (κ3) is 4.00. The summed E-state index contributed by atoms with van der Waals surface area (Å²) in [6.07, 6.45) is 0. The number of hydrogen-bond donors (Lipinski definition) is 1. The van der Waals surface area contributed by atoms with Crippen molar-refractivity contribution >= 4 is 28.3 Å². The Balaban J connectivity index is 1.61. The number of anilines is 1. The van der Waals surface area contributed by atoms with Gasteiger partial charge in [-0.05, 0) is 61.5 Å². The largest absolute Gasteiger partial charge is 0.497 e. The molecule has 0 spiro atoms. The molecule has 0 aliphatic rings. The van der Waals surface area contributed by atoms with Gasteiger partial charge in [-0.1, -0.05) is 12.1 Å². The Labute approximate surface area is 179 Å². The van der Waals surface area contributed by atoms with E-state index in [9.17, 15) is 9.59 Å². The van der Waals surface area contributed by atoms with Crippen molar-refractivity contribution in [2.24, 2.45) is 0 Å². The van der Waals surface area contributed by atoms with Crippen LogP contribution in [0.25, 0.3) is 11.0 Å². The number of methoxy groups -OCH3 is 2. The summed E-state index contributed by atoms with van der Waals surface area (Å²) in [5, 5.41) is 3.64. The lowest BCUT2D eigenvalue weighted by atomic mass is 10.0. The molecule has 0 saturated heterocycles. The first-order valence-corrected chi connectivity index (χ1v) is 9.67. The number of furan rings is 1. The highest BCUT2D eigenvalue weighted by atomic mass is 16.5. The van der Waals surface area contributed by atoms with Gasteiger partial charge in [0, 0.05) is 27.8 Å². The summed E-state index contributed by atoms with van der Waals surface area (Å²) < 4.78 is 16.2. The second-order valence-electron chi connectivity index (χ2n) is 7.01. The van der Waals surface area contributed by atoms with E-state index >= 15 is 0 Å². The number of fused-ring (bicyclic) bond motifs is 1. The van der Waals surface area contributed by atoms with Crippen LogP contribution in [-0.2, 0) is 0 Å². The van der Waals surface area contributed by atoms with Crippen molar-refractivity contribution in [3.8, 4) is 11.5 Å². The van der Waals surface area contributed by atoms with Crippen molar-refractivity contribution in [3.05, 3.63) is 89.2 Å². The predicted molar refractivity (Wildman–Crippen MR) is 118 cm³/mol. The second-order valence-corrected chi connectivity index (χ2v) is 7.01. The third-order valence-electron chi connectivity index (χ3n) is 5.08. The maximum atomic E-state index is 13.0. The minimum Gasteiger partial charge on any atom is -0.497 e. The van der Waals surface area contributed by atoms with Gasteiger partial charge < -0.3 is 19.2 Å². The Morgan fingerprint density at radius 1 is 0.839 bits per heavy atom. The molecule has 3 aromatic carbocycles. The number of ether oxygens (including phenoxy) is 2. The summed E-state index contributed by atoms with van der Waals surface area (Å²) in [6.45, 7) is 1.83. The number of amides is 1. The van der Waals surface area contributed by atoms with Crippen molar-refractivity contribution in [1.29, 1.82) is 0 Å². The summed E-state index contributed by atoms with van der Waals surface area (Å²) in [4.78, 5) is 25.5. The van der Waals surface area contributed by atoms with Crippen molar-refractivity contribution < 1.29 is 23.5 Å². The molecule has 0 aliphatic heterocycles. The van der Waals surface area contributed by atoms with E-state index in [1.165, 1.54) is 0 Å². The van der Waals surface area contributed by atoms with Crippen LogP contribution in [0, 0.1) is 6.92 Å². The van der Waals surface area contributed by atoms with Gasteiger partial charge in [0.15, 0.2) is 5.76 Å². The molecule has 0 aliphatic carbocycles. The molecule has 31 heavy (non-hydrogen) atoms. The van der Waals surface area contributed by atoms with Crippen molar-refractivity contribution in [2.45, 2.75) is 6.92 Å². The van der Waals surface area contributed by atoms with Gasteiger partial charge in [-0.15, -0.1) is 0 Å². The third-order valence-corrected chi connectivity index (χ3v) is 5.08. The average molecular weight is 415 g/mol. The minimum absolute atomic E-state index is 0.226. The highest BCUT2D eigenvalue weighted by molar-refractivity contribution is 6.11. The quantitative estimate of drug-likeness (QED) is 0.436. The summed E-state index contributed by atoms with van der Waals surface area (Å²) in [6, 6.07) is 19.1. The van der Waals surface area contributed by atoms with E-state index in [-0.39, 0.29) is 17.5 Å². The maximum Gasteiger partial charge on any atom is 0.255 e. The molecule has 1 amide bonds. The number of aryl methyl sites for hydroxylation is 1. The lowest BCUT2D eigenvalue weighted by Crippen LogP contribution is -2.11. The molecule has 1 aromatic heterocycles. The van der Waals surface area contributed by atoms with E-state index in [1.807, 2.05) is 6.92 Å². The number of nitrogens with one attached hydrogen (secondary N) is 1. The molecular formula is C25H21NO5. The molecule has 4 rings (SSSR count). The smallest absolute Gasteiger partial charge is 0.255 e. The zero-order valence-electron chi connectivity index (χ0n) is 17.4. The van der Waals surface area contributed by atoms with Crippen LogP contribution in [0.15, 0.2) is 71.1 Å². The first-order valence-electron chi connectivity index (χ1n) is 9.67. The molecule has 1 heterocycles. The van der Waals surface area contributed by atoms with Crippen molar-refractivity contribution in [2.75, 3.05) is 19.5 Å². The summed E-state index contributed by atoms with van der Waals surface area (Å²) >= 11 is 0. The van der Waals surface area contributed by atoms with E-state index in [0.717, 1.165) is 5.39 Å². The van der Waals surface area contributed by atoms with Crippen LogP contribution in [0.2, 0.25) is 0 Å². The number of ketones is 1. The highest BCUT2D eigenvalue weighted by Crippen LogP contribution is 2.30. The standard InChI is InChI=1S/C25H21NO5/c1-15-21-14-18(26-25(28)16-7-10-19(29-2)11-8-16)9-12-22(21)31-24(15)23(27)17-5-4-6-20(13-17)30-3/h4-14H,1-3H3,(H,26,28). The van der Waals surface area contributed by atoms with Gasteiger partial charge in [-0.25, -0.2) is 0 Å². The Morgan fingerprint density at radius 2 is 1.58 bits per heavy atom. The summed E-state index contributed by atoms with van der Waals surface area (Å²) in [7, 11) is 3.13. The molecule has 0 radical (unpaired) electrons. The van der Waals surface area contributed by atoms with Gasteiger partial charge in [0.1, 0.15) is 17.1 Å². The van der Waals surface area contributed by atoms with E-state index in [2.05, 4.69) is 5.32 Å². The van der Waals surface area contributed by atoms with Gasteiger partial charge in [0.2, 0.25) is 5.78 Å². The molecule has 6 heteroatoms. The maximum absolute atomic E-state index is 13.0. The molecule has 0 atom stereocenters. The first kappa shape index (κ1) is 20.2. The van der Waals surface area contributed by atoms with E-state index < -0.39 is 0 Å². The Morgan fingerprint density at radius 3 is 2.29 bits per heavy atom. The average Bonchev–Trinajstić information content (AvgIpc) is 3.14. The fourth-order valence-electron chi connectivity index (χ4n) is 3.36. The van der Waals surface area contributed by atoms with Crippen LogP contribution in [0.3, 0.4) is 0 Å². The van der Waals surface area contributed by atoms with Gasteiger partial charge >= 0.3 is 0 Å². The molecular weight excluding hydrogens is 394 g/mol. The minimum atomic E-state index is -0.240. The molecule has 6 nitrogen and oxygen atoms in total. The number of rotatable bonds is 6. The van der Waals surface area contributed by atoms with Gasteiger partial charge in [0.05, 0.1) is 14.2 Å². The lowest BCUT2D eigenvalue weighted by Gasteiger charge is -2.06. The van der Waals surface area contributed by atoms with E-state index in [0.29, 0.717) is 39.5 Å². The molecule has 0 unspecified atom stereocenters. The van der Waals surface area contributed by atoms with Crippen LogP contribution in [0.1, 0.15) is 32.0 Å². The van der Waals surface area contributed by atoms with E-state index in [1.54, 1.807) is 80.9 Å². The van der Waals surface area contributed by atoms with Crippen LogP contribution in [0.5, 0.6) is 11.5 Å². The molecule has 0 saturated carbocycles. The molecule has 0 bridgehead atoms. The number of carbonyl (C=O) groups excluding carboxylic acids is 2. The van der Waals surface area contributed by atoms with Gasteiger partial charge in [-0.3, -0.25) is 9.59 Å². The zero-order valence-corrected chi connectivity index (χ0v) is 17.4. The van der Waals surface area contributed by atoms with Crippen LogP contribution in [0.4, 0.5) is 5.69 Å². The molecule has 156 valence electrons. The van der Waals surface area contributed by atoms with Crippen molar-refractivity contribution in [3.63, 3.8) is 0 Å². The monoisotopic (exact) mass is 415 g/mol. The normalized spacial score (nSPS) is 10.7. The number of hydrogen-bond acceptors (Lipinski definition) is 5. The number of benzene rings is 3. The van der Waals surface area contributed by atoms with Crippen LogP contribution in [-0.4, -0.2) is 25.9 Å². The zero-order chi connectivity index (χ0) is 22.0. The first-order chi connectivity index (χ1) is 15.0. The molecule has 1 N–H and O–H groups in total. The second kappa shape index (κ2) is 8.36. The molecule has 0 fully saturated rings. The van der Waals surface area contributed by atoms with E-state index in [4.69, 9.17) is 13.9 Å². The Bertz CT molecular complexity index is 1270. The Hall–Kier alpha value is -4.06. The Kier molecular flexibility index (Phi) is 5.45. The van der Waals surface area contributed by atoms with Gasteiger partial charge in [0.25, 0.3) is 5.91 Å². The summed E-state index contributed by atoms with van der Waals surface area (Å²) in [5.74, 6) is 1.08. The fraction of sp³-hybridized carbons (Fsp3) is 0.120. The number of carbonyl (C=O) groups is 2. The highest BCUT2D eigenvalue weighted by Gasteiger charge is 2.20.